The number of unbranched alkanes of at least 4 members (excludes halogenated alkanes) is 3. The third-order valence-corrected chi connectivity index (χ3v) is 11.8. The lowest BCUT2D eigenvalue weighted by molar-refractivity contribution is -0.143. The number of likely N-dealkylation sites (tertiary alicyclic amines) is 2. The van der Waals surface area contributed by atoms with Crippen molar-refractivity contribution >= 4 is 41.2 Å². The Morgan fingerprint density at radius 1 is 0.981 bits per heavy atom. The molecule has 0 bridgehead atoms. The summed E-state index contributed by atoms with van der Waals surface area (Å²) in [5.41, 5.74) is -0.0393. The molecule has 1 aromatic heterocycles. The maximum atomic E-state index is 12.7. The van der Waals surface area contributed by atoms with Crippen LogP contribution in [0.4, 0.5) is 16.3 Å². The van der Waals surface area contributed by atoms with E-state index in [1.54, 1.807) is 12.4 Å². The van der Waals surface area contributed by atoms with Crippen molar-refractivity contribution in [1.29, 1.82) is 0 Å². The molecule has 3 aliphatic heterocycles. The maximum absolute atomic E-state index is 12.7. The lowest BCUT2D eigenvalue weighted by Gasteiger charge is -2.49. The van der Waals surface area contributed by atoms with Gasteiger partial charge in [-0.25, -0.2) is 14.8 Å². The smallest absolute Gasteiger partial charge is 0.408 e. The molecule has 1 aromatic carbocycles. The number of benzene rings is 1. The van der Waals surface area contributed by atoms with E-state index in [9.17, 15) is 19.5 Å². The SMILES string of the molecule is CC1(NC(=O)OC(C)(C)C)C=CN(c2cnc(Sc3cccc(NC(=O)CCCCCCN4CC5(CCN(C6CCC(C(=O)O)CC6)C5)C4)c3)cn2)C=C1. The standard InChI is InChI=1S/C41H57N7O5S/c1-39(2,3)53-38(52)45-40(4)17-21-47(22-18-40)34-25-43-36(26-42-34)54-33-11-9-10-31(24-33)44-35(49)12-7-5-6-8-20-46-27-41(28-46)19-23-48(29-41)32-15-13-30(14-16-32)37(50)51/h9-11,17-18,21-22,24-26,30,32H,5-8,12-16,19-20,23,27-29H2,1-4H3,(H,44,49)(H,45,52)(H,50,51). The molecule has 1 saturated carbocycles. The number of aromatic nitrogens is 2. The lowest BCUT2D eigenvalue weighted by Crippen LogP contribution is -2.58. The van der Waals surface area contributed by atoms with E-state index in [0.717, 1.165) is 67.1 Å². The van der Waals surface area contributed by atoms with Gasteiger partial charge >= 0.3 is 12.1 Å². The summed E-state index contributed by atoms with van der Waals surface area (Å²) in [5, 5.41) is 16.0. The van der Waals surface area contributed by atoms with E-state index >= 15 is 0 Å². The fourth-order valence-electron chi connectivity index (χ4n) is 8.07. The highest BCUT2D eigenvalue weighted by Gasteiger charge is 2.48. The Balaban J connectivity index is 0.840. The molecule has 3 N–H and O–H groups in total. The van der Waals surface area contributed by atoms with Gasteiger partial charge in [-0.3, -0.25) is 14.5 Å². The topological polar surface area (TPSA) is 140 Å². The Bertz CT molecular complexity index is 1670. The fraction of sp³-hybridized carbons (Fsp3) is 0.585. The van der Waals surface area contributed by atoms with Crippen molar-refractivity contribution in [3.8, 4) is 0 Å². The van der Waals surface area contributed by atoms with Crippen molar-refractivity contribution in [1.82, 2.24) is 25.1 Å². The number of hydrogen-bond acceptors (Lipinski definition) is 10. The van der Waals surface area contributed by atoms with Crippen LogP contribution in [0.25, 0.3) is 0 Å². The van der Waals surface area contributed by atoms with Gasteiger partial charge in [-0.2, -0.15) is 0 Å². The van der Waals surface area contributed by atoms with E-state index < -0.39 is 23.2 Å². The monoisotopic (exact) mass is 759 g/mol. The van der Waals surface area contributed by atoms with Crippen LogP contribution in [0.3, 0.4) is 0 Å². The first kappa shape index (κ1) is 39.7. The Hall–Kier alpha value is -3.94. The minimum absolute atomic E-state index is 0.0354. The van der Waals surface area contributed by atoms with Crippen molar-refractivity contribution in [3.63, 3.8) is 0 Å². The van der Waals surface area contributed by atoms with E-state index in [4.69, 9.17) is 4.74 Å². The van der Waals surface area contributed by atoms with Gasteiger partial charge in [0.05, 0.1) is 23.9 Å². The number of carbonyl (C=O) groups excluding carboxylic acids is 2. The van der Waals surface area contributed by atoms with Crippen LogP contribution in [-0.4, -0.2) is 92.7 Å². The van der Waals surface area contributed by atoms with Gasteiger partial charge in [-0.15, -0.1) is 0 Å². The van der Waals surface area contributed by atoms with Crippen LogP contribution >= 0.6 is 11.8 Å². The summed E-state index contributed by atoms with van der Waals surface area (Å²) in [5.74, 6) is -0.0761. The molecule has 54 heavy (non-hydrogen) atoms. The fourth-order valence-corrected chi connectivity index (χ4v) is 8.86. The molecule has 1 aliphatic carbocycles. The van der Waals surface area contributed by atoms with Crippen molar-refractivity contribution in [3.05, 3.63) is 61.2 Å². The number of hydrogen-bond donors (Lipinski definition) is 3. The molecule has 0 atom stereocenters. The molecule has 292 valence electrons. The third-order valence-electron chi connectivity index (χ3n) is 10.9. The number of anilines is 2. The van der Waals surface area contributed by atoms with Gasteiger partial charge in [-0.1, -0.05) is 30.7 Å². The number of ether oxygens (including phenoxy) is 1. The zero-order valence-electron chi connectivity index (χ0n) is 32.3. The number of amides is 2. The minimum atomic E-state index is -0.686. The van der Waals surface area contributed by atoms with Crippen LogP contribution in [0, 0.1) is 11.3 Å². The summed E-state index contributed by atoms with van der Waals surface area (Å²) >= 11 is 1.48. The predicted octanol–water partition coefficient (Wildman–Crippen LogP) is 7.30. The van der Waals surface area contributed by atoms with E-state index in [0.29, 0.717) is 23.7 Å². The molecule has 0 unspecified atom stereocenters. The number of rotatable bonds is 14. The minimum Gasteiger partial charge on any atom is -0.481 e. The van der Waals surface area contributed by atoms with Crippen molar-refractivity contribution in [2.45, 2.75) is 119 Å². The molecule has 2 aromatic rings. The van der Waals surface area contributed by atoms with Crippen LogP contribution in [0.2, 0.25) is 0 Å². The van der Waals surface area contributed by atoms with Crippen LogP contribution in [0.1, 0.15) is 91.9 Å². The highest BCUT2D eigenvalue weighted by Crippen LogP contribution is 2.42. The molecule has 0 radical (unpaired) electrons. The van der Waals surface area contributed by atoms with Gasteiger partial charge in [0, 0.05) is 60.5 Å². The number of carbonyl (C=O) groups is 3. The van der Waals surface area contributed by atoms with Gasteiger partial charge in [0.1, 0.15) is 10.6 Å². The van der Waals surface area contributed by atoms with E-state index in [1.165, 1.54) is 50.8 Å². The molecule has 1 spiro atoms. The number of nitrogens with zero attached hydrogens (tertiary/aromatic N) is 5. The van der Waals surface area contributed by atoms with Gasteiger partial charge in [0.2, 0.25) is 5.91 Å². The third kappa shape index (κ3) is 11.1. The highest BCUT2D eigenvalue weighted by molar-refractivity contribution is 7.99. The van der Waals surface area contributed by atoms with Crippen LogP contribution < -0.4 is 15.5 Å². The van der Waals surface area contributed by atoms with E-state index in [1.807, 2.05) is 81.4 Å². The summed E-state index contributed by atoms with van der Waals surface area (Å²) in [4.78, 5) is 53.5. The maximum Gasteiger partial charge on any atom is 0.408 e. The Kier molecular flexibility index (Phi) is 12.7. The average molecular weight is 760 g/mol. The molecule has 6 rings (SSSR count). The molecule has 12 nitrogen and oxygen atoms in total. The lowest BCUT2D eigenvalue weighted by atomic mass is 9.78. The van der Waals surface area contributed by atoms with Crippen LogP contribution in [-0.2, 0) is 14.3 Å². The summed E-state index contributed by atoms with van der Waals surface area (Å²) in [6.45, 7) is 13.2. The number of aliphatic carboxylic acids is 1. The largest absolute Gasteiger partial charge is 0.481 e. The first-order chi connectivity index (χ1) is 25.8. The molecule has 2 saturated heterocycles. The summed E-state index contributed by atoms with van der Waals surface area (Å²) in [6.07, 6.45) is 20.1. The molecule has 3 fully saturated rings. The second-order valence-electron chi connectivity index (χ2n) is 16.8. The molecule has 4 aliphatic rings. The first-order valence-electron chi connectivity index (χ1n) is 19.5. The summed E-state index contributed by atoms with van der Waals surface area (Å²) in [7, 11) is 0. The second kappa shape index (κ2) is 17.2. The van der Waals surface area contributed by atoms with Crippen molar-refractivity contribution in [2.24, 2.45) is 11.3 Å². The van der Waals surface area contributed by atoms with Gasteiger partial charge in [0.25, 0.3) is 0 Å². The number of alkyl carbamates (subject to hydrolysis) is 1. The normalized spacial score (nSPS) is 22.2. The van der Waals surface area contributed by atoms with Gasteiger partial charge < -0.3 is 30.3 Å². The van der Waals surface area contributed by atoms with Crippen LogP contribution in [0.5, 0.6) is 0 Å². The first-order valence-corrected chi connectivity index (χ1v) is 20.3. The van der Waals surface area contributed by atoms with Crippen molar-refractivity contribution in [2.75, 3.05) is 42.9 Å². The Labute approximate surface area is 324 Å². The van der Waals surface area contributed by atoms with E-state index in [2.05, 4.69) is 30.4 Å². The zero-order chi connectivity index (χ0) is 38.3. The summed E-state index contributed by atoms with van der Waals surface area (Å²) < 4.78 is 5.39. The van der Waals surface area contributed by atoms with Gasteiger partial charge in [-0.05, 0) is 116 Å². The second-order valence-corrected chi connectivity index (χ2v) is 17.9. The molecule has 13 heteroatoms. The molecular weight excluding hydrogens is 703 g/mol. The Morgan fingerprint density at radius 2 is 1.72 bits per heavy atom. The van der Waals surface area contributed by atoms with E-state index in [-0.39, 0.29) is 11.8 Å². The summed E-state index contributed by atoms with van der Waals surface area (Å²) in [6, 6.07) is 8.36. The van der Waals surface area contributed by atoms with Gasteiger partial charge in [0.15, 0.2) is 5.82 Å². The van der Waals surface area contributed by atoms with Crippen molar-refractivity contribution < 1.29 is 24.2 Å². The predicted molar refractivity (Wildman–Crippen MR) is 211 cm³/mol. The number of carboxylic acids is 1. The molecule has 2 amide bonds. The Morgan fingerprint density at radius 3 is 2.41 bits per heavy atom. The average Bonchev–Trinajstić information content (AvgIpc) is 3.55. The molecule has 4 heterocycles. The highest BCUT2D eigenvalue weighted by atomic mass is 32.2. The molecular formula is C41H57N7O5S. The van der Waals surface area contributed by atoms with Crippen LogP contribution in [0.15, 0.2) is 71.1 Å². The number of nitrogens with one attached hydrogen (secondary N) is 2. The quantitative estimate of drug-likeness (QED) is 0.167. The number of carboxylic acid groups (broad SMARTS) is 1. The zero-order valence-corrected chi connectivity index (χ0v) is 33.1.